The molecular formula is C20H21FN4O4S. The van der Waals surface area contributed by atoms with Gasteiger partial charge in [0.2, 0.25) is 15.7 Å². The number of aromatic nitrogens is 3. The van der Waals surface area contributed by atoms with Gasteiger partial charge in [-0.3, -0.25) is 9.36 Å². The molecule has 30 heavy (non-hydrogen) atoms. The van der Waals surface area contributed by atoms with Gasteiger partial charge in [0.15, 0.2) is 0 Å². The van der Waals surface area contributed by atoms with Crippen molar-refractivity contribution in [1.29, 1.82) is 0 Å². The molecule has 1 saturated carbocycles. The van der Waals surface area contributed by atoms with E-state index < -0.39 is 27.5 Å². The molecule has 1 fully saturated rings. The predicted octanol–water partition coefficient (Wildman–Crippen LogP) is 2.59. The fourth-order valence-corrected chi connectivity index (χ4v) is 4.45. The molecule has 0 spiro atoms. The lowest BCUT2D eigenvalue weighted by atomic mass is 10.1. The fraction of sp³-hybridized carbons (Fsp3) is 0.350. The lowest BCUT2D eigenvalue weighted by molar-refractivity contribution is -0.119. The first-order valence-electron chi connectivity index (χ1n) is 9.56. The normalized spacial score (nSPS) is 15.1. The molecule has 1 aromatic carbocycles. The first-order chi connectivity index (χ1) is 14.3. The molecule has 1 aliphatic carbocycles. The molecule has 158 valence electrons. The molecule has 10 heteroatoms. The number of nitrogens with one attached hydrogen (secondary N) is 1. The van der Waals surface area contributed by atoms with E-state index in [1.165, 1.54) is 35.1 Å². The van der Waals surface area contributed by atoms with Crippen LogP contribution >= 0.6 is 0 Å². The van der Waals surface area contributed by atoms with Crippen molar-refractivity contribution < 1.29 is 22.0 Å². The van der Waals surface area contributed by atoms with E-state index in [0.29, 0.717) is 17.1 Å². The van der Waals surface area contributed by atoms with E-state index in [-0.39, 0.29) is 23.4 Å². The Balaban J connectivity index is 1.51. The third kappa shape index (κ3) is 4.43. The quantitative estimate of drug-likeness (QED) is 0.586. The van der Waals surface area contributed by atoms with Crippen molar-refractivity contribution in [2.75, 3.05) is 5.75 Å². The maximum Gasteiger partial charge on any atom is 0.250 e. The summed E-state index contributed by atoms with van der Waals surface area (Å²) in [5.74, 6) is -0.495. The van der Waals surface area contributed by atoms with Gasteiger partial charge in [0, 0.05) is 5.92 Å². The number of amides is 1. The Morgan fingerprint density at radius 3 is 2.63 bits per heavy atom. The van der Waals surface area contributed by atoms with Crippen LogP contribution in [0, 0.1) is 5.82 Å². The zero-order valence-electron chi connectivity index (χ0n) is 16.3. The number of sulfone groups is 1. The zero-order valence-corrected chi connectivity index (χ0v) is 17.1. The average Bonchev–Trinajstić information content (AvgIpc) is 3.22. The lowest BCUT2D eigenvalue weighted by Gasteiger charge is -2.14. The summed E-state index contributed by atoms with van der Waals surface area (Å²) in [6, 6.07) is 8.62. The summed E-state index contributed by atoms with van der Waals surface area (Å²) in [6.45, 7) is 1.87. The second kappa shape index (κ2) is 8.02. The first kappa shape index (κ1) is 20.3. The van der Waals surface area contributed by atoms with Gasteiger partial charge in [-0.1, -0.05) is 12.1 Å². The van der Waals surface area contributed by atoms with Crippen LogP contribution in [0.4, 0.5) is 4.39 Å². The Kier molecular flexibility index (Phi) is 5.42. The molecule has 0 saturated heterocycles. The van der Waals surface area contributed by atoms with Crippen LogP contribution in [0.15, 0.2) is 52.2 Å². The summed E-state index contributed by atoms with van der Waals surface area (Å²) >= 11 is 0. The van der Waals surface area contributed by atoms with E-state index in [4.69, 9.17) is 4.42 Å². The molecule has 1 N–H and O–H groups in total. The van der Waals surface area contributed by atoms with Crippen LogP contribution < -0.4 is 5.32 Å². The van der Waals surface area contributed by atoms with Crippen LogP contribution in [-0.4, -0.2) is 34.8 Å². The molecule has 0 radical (unpaired) electrons. The van der Waals surface area contributed by atoms with Crippen molar-refractivity contribution >= 4 is 15.7 Å². The third-order valence-corrected chi connectivity index (χ3v) is 6.43. The number of hydrogen-bond acceptors (Lipinski definition) is 6. The van der Waals surface area contributed by atoms with Crippen LogP contribution in [0.5, 0.6) is 0 Å². The molecule has 0 unspecified atom stereocenters. The molecule has 2 heterocycles. The maximum absolute atomic E-state index is 13.1. The summed E-state index contributed by atoms with van der Waals surface area (Å²) < 4.78 is 45.8. The number of furan rings is 1. The third-order valence-electron chi connectivity index (χ3n) is 4.93. The number of hydrogen-bond donors (Lipinski definition) is 1. The van der Waals surface area contributed by atoms with Crippen LogP contribution in [0.25, 0.3) is 0 Å². The van der Waals surface area contributed by atoms with Gasteiger partial charge < -0.3 is 9.73 Å². The second-order valence-corrected chi connectivity index (χ2v) is 9.26. The summed E-state index contributed by atoms with van der Waals surface area (Å²) in [6.07, 6.45) is 3.35. The van der Waals surface area contributed by atoms with Crippen molar-refractivity contribution in [3.05, 3.63) is 65.6 Å². The minimum Gasteiger partial charge on any atom is -0.467 e. The fourth-order valence-electron chi connectivity index (χ4n) is 3.24. The molecule has 8 nitrogen and oxygen atoms in total. The van der Waals surface area contributed by atoms with Crippen molar-refractivity contribution in [3.63, 3.8) is 0 Å². The molecule has 1 amide bonds. The topological polar surface area (TPSA) is 107 Å². The molecule has 1 aliphatic rings. The molecule has 3 aromatic rings. The van der Waals surface area contributed by atoms with Crippen LogP contribution in [-0.2, 0) is 21.2 Å². The van der Waals surface area contributed by atoms with E-state index in [2.05, 4.69) is 15.5 Å². The molecule has 1 atom stereocenters. The standard InChI is InChI=1S/C20H21FN4O4S/c1-13(14-6-8-16(21)9-7-14)22-18(26)12-30(27,28)20-24-23-19(15-4-5-15)25(20)11-17-3-2-10-29-17/h2-3,6-10,13,15H,4-5,11-12H2,1H3,(H,22,26)/t13-/m1/s1. The van der Waals surface area contributed by atoms with Gasteiger partial charge in [-0.05, 0) is 49.6 Å². The van der Waals surface area contributed by atoms with Gasteiger partial charge in [0.25, 0.3) is 5.16 Å². The summed E-state index contributed by atoms with van der Waals surface area (Å²) in [4.78, 5) is 12.4. The Morgan fingerprint density at radius 2 is 2.00 bits per heavy atom. The van der Waals surface area contributed by atoms with Crippen molar-refractivity contribution in [3.8, 4) is 0 Å². The number of carbonyl (C=O) groups excluding carboxylic acids is 1. The van der Waals surface area contributed by atoms with E-state index >= 15 is 0 Å². The number of carbonyl (C=O) groups is 1. The zero-order chi connectivity index (χ0) is 21.3. The van der Waals surface area contributed by atoms with Gasteiger partial charge >= 0.3 is 0 Å². The number of halogens is 1. The largest absolute Gasteiger partial charge is 0.467 e. The predicted molar refractivity (Wildman–Crippen MR) is 105 cm³/mol. The SMILES string of the molecule is C[C@@H](NC(=O)CS(=O)(=O)c1nnc(C2CC2)n1Cc1ccco1)c1ccc(F)cc1. The first-order valence-corrected chi connectivity index (χ1v) is 11.2. The van der Waals surface area contributed by atoms with Crippen LogP contribution in [0.2, 0.25) is 0 Å². The average molecular weight is 432 g/mol. The van der Waals surface area contributed by atoms with E-state index in [1.807, 2.05) is 0 Å². The number of rotatable bonds is 8. The minimum absolute atomic E-state index is 0.170. The highest BCUT2D eigenvalue weighted by Gasteiger charge is 2.34. The Hall–Kier alpha value is -3.01. The molecule has 0 bridgehead atoms. The van der Waals surface area contributed by atoms with E-state index in [0.717, 1.165) is 12.8 Å². The number of benzene rings is 1. The van der Waals surface area contributed by atoms with Crippen LogP contribution in [0.1, 0.15) is 48.9 Å². The van der Waals surface area contributed by atoms with Crippen molar-refractivity contribution in [2.24, 2.45) is 0 Å². The van der Waals surface area contributed by atoms with E-state index in [1.54, 1.807) is 19.1 Å². The highest BCUT2D eigenvalue weighted by atomic mass is 32.2. The lowest BCUT2D eigenvalue weighted by Crippen LogP contribution is -2.33. The van der Waals surface area contributed by atoms with Crippen molar-refractivity contribution in [2.45, 2.75) is 43.4 Å². The van der Waals surface area contributed by atoms with Gasteiger partial charge in [0.05, 0.1) is 18.8 Å². The van der Waals surface area contributed by atoms with Gasteiger partial charge in [-0.25, -0.2) is 12.8 Å². The highest BCUT2D eigenvalue weighted by molar-refractivity contribution is 7.91. The maximum atomic E-state index is 13.1. The molecule has 4 rings (SSSR count). The molecule has 2 aromatic heterocycles. The summed E-state index contributed by atoms with van der Waals surface area (Å²) in [5, 5.41) is 10.4. The monoisotopic (exact) mass is 432 g/mol. The van der Waals surface area contributed by atoms with Gasteiger partial charge in [-0.2, -0.15) is 0 Å². The van der Waals surface area contributed by atoms with Crippen LogP contribution in [0.3, 0.4) is 0 Å². The summed E-state index contributed by atoms with van der Waals surface area (Å²) in [5.41, 5.74) is 0.666. The smallest absolute Gasteiger partial charge is 0.250 e. The second-order valence-electron chi connectivity index (χ2n) is 7.38. The van der Waals surface area contributed by atoms with Crippen molar-refractivity contribution in [1.82, 2.24) is 20.1 Å². The minimum atomic E-state index is -4.04. The molecule has 0 aliphatic heterocycles. The van der Waals surface area contributed by atoms with Gasteiger partial charge in [0.1, 0.15) is 23.2 Å². The highest BCUT2D eigenvalue weighted by Crippen LogP contribution is 2.39. The summed E-state index contributed by atoms with van der Waals surface area (Å²) in [7, 11) is -4.04. The van der Waals surface area contributed by atoms with E-state index in [9.17, 15) is 17.6 Å². The Morgan fingerprint density at radius 1 is 1.27 bits per heavy atom. The Bertz CT molecular complexity index is 1140. The number of nitrogens with zero attached hydrogens (tertiary/aromatic N) is 3. The van der Waals surface area contributed by atoms with Gasteiger partial charge in [-0.15, -0.1) is 10.2 Å². The molecular weight excluding hydrogens is 411 g/mol. The Labute approximate surface area is 173 Å².